The summed E-state index contributed by atoms with van der Waals surface area (Å²) in [4.78, 5) is 21.3. The van der Waals surface area contributed by atoms with Gasteiger partial charge < -0.3 is 15.1 Å². The first kappa shape index (κ1) is 22.8. The molecule has 0 spiro atoms. The van der Waals surface area contributed by atoms with Crippen molar-refractivity contribution in [2.75, 3.05) is 27.2 Å². The SMILES string of the molecule is CN=C(NCc1cccc(C(=O)N2CCCCC2)c1)N(C)Cc1cn(C)nc1C(C)C. The Morgan fingerprint density at radius 3 is 2.68 bits per heavy atom. The molecule has 1 aromatic carbocycles. The fraction of sp³-hybridized carbons (Fsp3) is 0.542. The molecule has 7 nitrogen and oxygen atoms in total. The Bertz CT molecular complexity index is 911. The first-order valence-corrected chi connectivity index (χ1v) is 11.2. The number of piperidine rings is 1. The summed E-state index contributed by atoms with van der Waals surface area (Å²) in [6.45, 7) is 7.40. The maximum atomic E-state index is 12.8. The molecule has 1 saturated heterocycles. The summed E-state index contributed by atoms with van der Waals surface area (Å²) >= 11 is 0. The van der Waals surface area contributed by atoms with E-state index in [1.807, 2.05) is 47.9 Å². The highest BCUT2D eigenvalue weighted by molar-refractivity contribution is 5.94. The van der Waals surface area contributed by atoms with Crippen molar-refractivity contribution in [2.45, 2.75) is 52.1 Å². The van der Waals surface area contributed by atoms with E-state index in [1.165, 1.54) is 12.0 Å². The van der Waals surface area contributed by atoms with Crippen molar-refractivity contribution in [1.82, 2.24) is 24.9 Å². The molecule has 0 radical (unpaired) electrons. The average Bonchev–Trinajstić information content (AvgIpc) is 3.14. The molecule has 0 saturated carbocycles. The third-order valence-electron chi connectivity index (χ3n) is 5.73. The van der Waals surface area contributed by atoms with E-state index in [9.17, 15) is 4.79 Å². The van der Waals surface area contributed by atoms with Gasteiger partial charge in [-0.25, -0.2) is 0 Å². The van der Waals surface area contributed by atoms with Crippen LogP contribution in [0.5, 0.6) is 0 Å². The van der Waals surface area contributed by atoms with Gasteiger partial charge >= 0.3 is 0 Å². The molecule has 2 aromatic rings. The van der Waals surface area contributed by atoms with E-state index < -0.39 is 0 Å². The van der Waals surface area contributed by atoms with E-state index in [-0.39, 0.29) is 5.91 Å². The van der Waals surface area contributed by atoms with Crippen LogP contribution >= 0.6 is 0 Å². The summed E-state index contributed by atoms with van der Waals surface area (Å²) in [6.07, 6.45) is 5.50. The fourth-order valence-electron chi connectivity index (χ4n) is 4.15. The molecule has 0 atom stereocenters. The van der Waals surface area contributed by atoms with Crippen LogP contribution in [0.4, 0.5) is 0 Å². The lowest BCUT2D eigenvalue weighted by Gasteiger charge is -2.27. The van der Waals surface area contributed by atoms with Crippen LogP contribution in [0.3, 0.4) is 0 Å². The second-order valence-electron chi connectivity index (χ2n) is 8.68. The normalized spacial score (nSPS) is 14.8. The van der Waals surface area contributed by atoms with E-state index in [2.05, 4.69) is 40.4 Å². The van der Waals surface area contributed by atoms with Gasteiger partial charge in [0.15, 0.2) is 5.96 Å². The molecule has 3 rings (SSSR count). The second-order valence-corrected chi connectivity index (χ2v) is 8.68. The van der Waals surface area contributed by atoms with Crippen LogP contribution in [0.1, 0.15) is 66.2 Å². The standard InChI is InChI=1S/C24H36N6O/c1-18(2)22-21(17-29(5)27-22)16-28(4)24(25-3)26-15-19-10-9-11-20(14-19)23(31)30-12-7-6-8-13-30/h9-11,14,17-18H,6-8,12-13,15-16H2,1-5H3,(H,25,26). The van der Waals surface area contributed by atoms with Crippen LogP contribution in [0.15, 0.2) is 35.5 Å². The zero-order valence-corrected chi connectivity index (χ0v) is 19.6. The number of nitrogens with one attached hydrogen (secondary N) is 1. The number of aliphatic imine (C=N–C) groups is 1. The summed E-state index contributed by atoms with van der Waals surface area (Å²) in [7, 11) is 5.78. The topological polar surface area (TPSA) is 65.8 Å². The largest absolute Gasteiger partial charge is 0.352 e. The number of nitrogens with zero attached hydrogens (tertiary/aromatic N) is 5. The van der Waals surface area contributed by atoms with Crippen molar-refractivity contribution in [1.29, 1.82) is 0 Å². The molecule has 0 unspecified atom stereocenters. The fourth-order valence-corrected chi connectivity index (χ4v) is 4.15. The Labute approximate surface area is 186 Å². The van der Waals surface area contributed by atoms with Gasteiger partial charge in [-0.2, -0.15) is 5.10 Å². The molecule has 31 heavy (non-hydrogen) atoms. The van der Waals surface area contributed by atoms with Crippen molar-refractivity contribution in [2.24, 2.45) is 12.0 Å². The molecule has 2 heterocycles. The Hall–Kier alpha value is -2.83. The van der Waals surface area contributed by atoms with E-state index in [0.29, 0.717) is 12.5 Å². The highest BCUT2D eigenvalue weighted by atomic mass is 16.2. The summed E-state index contributed by atoms with van der Waals surface area (Å²) in [6, 6.07) is 7.92. The number of benzene rings is 1. The number of carbonyl (C=O) groups excluding carboxylic acids is 1. The van der Waals surface area contributed by atoms with E-state index in [0.717, 1.165) is 55.3 Å². The maximum Gasteiger partial charge on any atom is 0.253 e. The molecule has 7 heteroatoms. The third kappa shape index (κ3) is 5.87. The smallest absolute Gasteiger partial charge is 0.253 e. The van der Waals surface area contributed by atoms with Crippen LogP contribution in [0, 0.1) is 0 Å². The number of guanidine groups is 1. The molecule has 168 valence electrons. The van der Waals surface area contributed by atoms with Crippen molar-refractivity contribution in [3.8, 4) is 0 Å². The van der Waals surface area contributed by atoms with Crippen LogP contribution < -0.4 is 5.32 Å². The minimum Gasteiger partial charge on any atom is -0.352 e. The minimum absolute atomic E-state index is 0.140. The van der Waals surface area contributed by atoms with E-state index >= 15 is 0 Å². The summed E-state index contributed by atoms with van der Waals surface area (Å²) in [5.74, 6) is 1.33. The zero-order chi connectivity index (χ0) is 22.4. The average molecular weight is 425 g/mol. The molecule has 1 aliphatic heterocycles. The summed E-state index contributed by atoms with van der Waals surface area (Å²) in [5, 5.41) is 8.03. The second kappa shape index (κ2) is 10.5. The molecule has 0 bridgehead atoms. The number of hydrogen-bond donors (Lipinski definition) is 1. The molecule has 1 aliphatic rings. The molecule has 1 amide bonds. The Kier molecular flexibility index (Phi) is 7.71. The number of rotatable bonds is 6. The van der Waals surface area contributed by atoms with Gasteiger partial charge in [0, 0.05) is 64.6 Å². The molecular weight excluding hydrogens is 388 g/mol. The lowest BCUT2D eigenvalue weighted by Crippen LogP contribution is -2.38. The van der Waals surface area contributed by atoms with Gasteiger partial charge in [-0.15, -0.1) is 0 Å². The molecule has 1 N–H and O–H groups in total. The van der Waals surface area contributed by atoms with Crippen LogP contribution in [0.25, 0.3) is 0 Å². The lowest BCUT2D eigenvalue weighted by molar-refractivity contribution is 0.0724. The van der Waals surface area contributed by atoms with Gasteiger partial charge in [0.2, 0.25) is 0 Å². The molecule has 0 aliphatic carbocycles. The van der Waals surface area contributed by atoms with E-state index in [1.54, 1.807) is 7.05 Å². The summed E-state index contributed by atoms with van der Waals surface area (Å²) < 4.78 is 1.87. The van der Waals surface area contributed by atoms with Crippen LogP contribution in [-0.4, -0.2) is 58.6 Å². The van der Waals surface area contributed by atoms with Gasteiger partial charge in [-0.05, 0) is 42.9 Å². The number of aromatic nitrogens is 2. The molecule has 1 aromatic heterocycles. The number of likely N-dealkylation sites (tertiary alicyclic amines) is 1. The lowest BCUT2D eigenvalue weighted by atomic mass is 10.1. The predicted molar refractivity (Wildman–Crippen MR) is 125 cm³/mol. The van der Waals surface area contributed by atoms with Gasteiger partial charge in [-0.1, -0.05) is 26.0 Å². The number of aryl methyl sites for hydroxylation is 1. The monoisotopic (exact) mass is 424 g/mol. The van der Waals surface area contributed by atoms with Crippen molar-refractivity contribution >= 4 is 11.9 Å². The number of hydrogen-bond acceptors (Lipinski definition) is 3. The van der Waals surface area contributed by atoms with Crippen molar-refractivity contribution in [3.05, 3.63) is 52.8 Å². The minimum atomic E-state index is 0.140. The van der Waals surface area contributed by atoms with Crippen molar-refractivity contribution < 1.29 is 4.79 Å². The first-order valence-electron chi connectivity index (χ1n) is 11.2. The van der Waals surface area contributed by atoms with Gasteiger partial charge in [-0.3, -0.25) is 14.5 Å². The third-order valence-corrected chi connectivity index (χ3v) is 5.73. The zero-order valence-electron chi connectivity index (χ0n) is 19.6. The highest BCUT2D eigenvalue weighted by Gasteiger charge is 2.19. The number of amides is 1. The van der Waals surface area contributed by atoms with E-state index in [4.69, 9.17) is 0 Å². The molecular formula is C24H36N6O. The van der Waals surface area contributed by atoms with Gasteiger partial charge in [0.1, 0.15) is 0 Å². The highest BCUT2D eigenvalue weighted by Crippen LogP contribution is 2.19. The van der Waals surface area contributed by atoms with Gasteiger partial charge in [0.25, 0.3) is 5.91 Å². The molecule has 1 fully saturated rings. The Morgan fingerprint density at radius 1 is 1.26 bits per heavy atom. The van der Waals surface area contributed by atoms with Crippen LogP contribution in [-0.2, 0) is 20.1 Å². The number of carbonyl (C=O) groups is 1. The van der Waals surface area contributed by atoms with Crippen LogP contribution in [0.2, 0.25) is 0 Å². The maximum absolute atomic E-state index is 12.8. The Balaban J connectivity index is 1.62. The van der Waals surface area contributed by atoms with Gasteiger partial charge in [0.05, 0.1) is 5.69 Å². The van der Waals surface area contributed by atoms with Crippen molar-refractivity contribution in [3.63, 3.8) is 0 Å². The first-order chi connectivity index (χ1) is 14.9. The predicted octanol–water partition coefficient (Wildman–Crippen LogP) is 3.38. The quantitative estimate of drug-likeness (QED) is 0.570. The Morgan fingerprint density at radius 2 is 2.00 bits per heavy atom. The summed E-state index contributed by atoms with van der Waals surface area (Å²) in [5.41, 5.74) is 4.16.